The lowest BCUT2D eigenvalue weighted by Crippen LogP contribution is -2.41. The molecule has 5 nitrogen and oxygen atoms in total. The summed E-state index contributed by atoms with van der Waals surface area (Å²) < 4.78 is 30.9. The number of nitrogens with zero attached hydrogens (tertiary/aromatic N) is 2. The molecule has 2 fully saturated rings. The molecule has 3 rings (SSSR count). The smallest absolute Gasteiger partial charge is 0.478 e. The van der Waals surface area contributed by atoms with E-state index in [2.05, 4.69) is 9.88 Å². The zero-order valence-electron chi connectivity index (χ0n) is 16.3. The SMILES string of the molecule is CC1(C)OB(c2ccc(OCCCN3CCC(F)CC3)nc2)OC1(C)C. The van der Waals surface area contributed by atoms with Crippen LogP contribution in [0.1, 0.15) is 47.0 Å². The van der Waals surface area contributed by atoms with Gasteiger partial charge in [0.2, 0.25) is 5.88 Å². The van der Waals surface area contributed by atoms with Crippen molar-refractivity contribution in [3.8, 4) is 5.88 Å². The maximum absolute atomic E-state index is 13.1. The molecule has 144 valence electrons. The Labute approximate surface area is 156 Å². The Kier molecular flexibility index (Phi) is 5.89. The van der Waals surface area contributed by atoms with E-state index in [0.29, 0.717) is 25.3 Å². The molecule has 0 aliphatic carbocycles. The van der Waals surface area contributed by atoms with Gasteiger partial charge in [0.05, 0.1) is 17.8 Å². The third-order valence-electron chi connectivity index (χ3n) is 5.67. The Hall–Kier alpha value is -1.18. The summed E-state index contributed by atoms with van der Waals surface area (Å²) in [5.41, 5.74) is 0.178. The van der Waals surface area contributed by atoms with E-state index >= 15 is 0 Å². The highest BCUT2D eigenvalue weighted by atomic mass is 19.1. The highest BCUT2D eigenvalue weighted by Gasteiger charge is 2.51. The molecule has 0 saturated carbocycles. The van der Waals surface area contributed by atoms with Crippen molar-refractivity contribution in [1.82, 2.24) is 9.88 Å². The number of pyridine rings is 1. The standard InChI is InChI=1S/C19H30BFN2O3/c1-18(2)19(3,4)26-20(25-18)15-6-7-17(22-14-15)24-13-5-10-23-11-8-16(21)9-12-23/h6-7,14,16H,5,8-13H2,1-4H3. The van der Waals surface area contributed by atoms with E-state index in [1.165, 1.54) is 0 Å². The second-order valence-corrected chi connectivity index (χ2v) is 8.24. The molecule has 2 aliphatic rings. The van der Waals surface area contributed by atoms with Crippen molar-refractivity contribution in [3.63, 3.8) is 0 Å². The van der Waals surface area contributed by atoms with Crippen LogP contribution in [-0.2, 0) is 9.31 Å². The minimum absolute atomic E-state index is 0.358. The van der Waals surface area contributed by atoms with Crippen molar-refractivity contribution in [2.24, 2.45) is 0 Å². The fraction of sp³-hybridized carbons (Fsp3) is 0.737. The minimum atomic E-state index is -0.616. The van der Waals surface area contributed by atoms with Gasteiger partial charge in [-0.2, -0.15) is 0 Å². The Bertz CT molecular complexity index is 573. The summed E-state index contributed by atoms with van der Waals surface area (Å²) in [4.78, 5) is 6.67. The molecule has 2 saturated heterocycles. The van der Waals surface area contributed by atoms with E-state index in [-0.39, 0.29) is 11.2 Å². The van der Waals surface area contributed by atoms with Gasteiger partial charge in [0.25, 0.3) is 0 Å². The molecule has 0 spiro atoms. The van der Waals surface area contributed by atoms with E-state index in [0.717, 1.165) is 31.5 Å². The molecule has 0 unspecified atom stereocenters. The molecule has 0 aromatic carbocycles. The van der Waals surface area contributed by atoms with Gasteiger partial charge in [0.15, 0.2) is 0 Å². The Balaban J connectivity index is 1.42. The van der Waals surface area contributed by atoms with Crippen LogP contribution in [0.25, 0.3) is 0 Å². The van der Waals surface area contributed by atoms with Crippen LogP contribution in [0.15, 0.2) is 18.3 Å². The van der Waals surface area contributed by atoms with Gasteiger partial charge < -0.3 is 18.9 Å². The van der Waals surface area contributed by atoms with Crippen LogP contribution in [0.4, 0.5) is 4.39 Å². The molecule has 2 aliphatic heterocycles. The van der Waals surface area contributed by atoms with Gasteiger partial charge in [0.1, 0.15) is 6.17 Å². The molecular weight excluding hydrogens is 334 g/mol. The van der Waals surface area contributed by atoms with Crippen LogP contribution in [-0.4, -0.2) is 60.6 Å². The first-order valence-corrected chi connectivity index (χ1v) is 9.58. The summed E-state index contributed by atoms with van der Waals surface area (Å²) in [6, 6.07) is 3.80. The number of hydrogen-bond acceptors (Lipinski definition) is 5. The fourth-order valence-electron chi connectivity index (χ4n) is 3.19. The first-order chi connectivity index (χ1) is 12.3. The van der Waals surface area contributed by atoms with Crippen LogP contribution >= 0.6 is 0 Å². The predicted octanol–water partition coefficient (Wildman–Crippen LogP) is 2.58. The monoisotopic (exact) mass is 364 g/mol. The Morgan fingerprint density at radius 2 is 1.85 bits per heavy atom. The van der Waals surface area contributed by atoms with Crippen molar-refractivity contribution >= 4 is 12.6 Å². The fourth-order valence-corrected chi connectivity index (χ4v) is 3.19. The average molecular weight is 364 g/mol. The average Bonchev–Trinajstić information content (AvgIpc) is 2.82. The van der Waals surface area contributed by atoms with Crippen molar-refractivity contribution in [3.05, 3.63) is 18.3 Å². The molecular formula is C19H30BFN2O3. The molecule has 1 aromatic rings. The number of rotatable bonds is 6. The largest absolute Gasteiger partial charge is 0.496 e. The summed E-state index contributed by atoms with van der Waals surface area (Å²) in [7, 11) is -0.403. The first-order valence-electron chi connectivity index (χ1n) is 9.58. The Morgan fingerprint density at radius 1 is 1.19 bits per heavy atom. The second kappa shape index (κ2) is 7.83. The number of alkyl halides is 1. The first kappa shape index (κ1) is 19.6. The van der Waals surface area contributed by atoms with E-state index in [1.54, 1.807) is 6.20 Å². The predicted molar refractivity (Wildman–Crippen MR) is 101 cm³/mol. The van der Waals surface area contributed by atoms with E-state index in [1.807, 2.05) is 39.8 Å². The van der Waals surface area contributed by atoms with Gasteiger partial charge >= 0.3 is 7.12 Å². The summed E-state index contributed by atoms with van der Waals surface area (Å²) in [6.45, 7) is 11.4. The van der Waals surface area contributed by atoms with Crippen LogP contribution < -0.4 is 10.2 Å². The summed E-state index contributed by atoms with van der Waals surface area (Å²) in [6.07, 6.45) is 3.36. The quantitative estimate of drug-likeness (QED) is 0.574. The van der Waals surface area contributed by atoms with Crippen molar-refractivity contribution in [2.75, 3.05) is 26.2 Å². The lowest BCUT2D eigenvalue weighted by atomic mass is 9.80. The maximum Gasteiger partial charge on any atom is 0.496 e. The lowest BCUT2D eigenvalue weighted by Gasteiger charge is -2.32. The summed E-state index contributed by atoms with van der Waals surface area (Å²) in [5.74, 6) is 0.604. The summed E-state index contributed by atoms with van der Waals surface area (Å²) in [5, 5.41) is 0. The topological polar surface area (TPSA) is 43.8 Å². The minimum Gasteiger partial charge on any atom is -0.478 e. The molecule has 0 atom stereocenters. The molecule has 3 heterocycles. The highest BCUT2D eigenvalue weighted by molar-refractivity contribution is 6.62. The van der Waals surface area contributed by atoms with Crippen LogP contribution in [0, 0.1) is 0 Å². The number of aromatic nitrogens is 1. The van der Waals surface area contributed by atoms with Crippen molar-refractivity contribution in [1.29, 1.82) is 0 Å². The van der Waals surface area contributed by atoms with Gasteiger partial charge in [0, 0.05) is 31.3 Å². The van der Waals surface area contributed by atoms with Crippen molar-refractivity contribution < 1.29 is 18.4 Å². The van der Waals surface area contributed by atoms with Crippen LogP contribution in [0.3, 0.4) is 0 Å². The van der Waals surface area contributed by atoms with E-state index < -0.39 is 13.3 Å². The van der Waals surface area contributed by atoms with Crippen LogP contribution in [0.2, 0.25) is 0 Å². The zero-order chi connectivity index (χ0) is 18.8. The highest BCUT2D eigenvalue weighted by Crippen LogP contribution is 2.36. The molecule has 0 N–H and O–H groups in total. The number of likely N-dealkylation sites (tertiary alicyclic amines) is 1. The molecule has 1 aromatic heterocycles. The third kappa shape index (κ3) is 4.56. The summed E-state index contributed by atoms with van der Waals surface area (Å²) >= 11 is 0. The van der Waals surface area contributed by atoms with Crippen LogP contribution in [0.5, 0.6) is 5.88 Å². The Morgan fingerprint density at radius 3 is 2.42 bits per heavy atom. The zero-order valence-corrected chi connectivity index (χ0v) is 16.3. The van der Waals surface area contributed by atoms with Gasteiger partial charge in [-0.1, -0.05) is 6.07 Å². The maximum atomic E-state index is 13.1. The van der Waals surface area contributed by atoms with E-state index in [4.69, 9.17) is 14.0 Å². The molecule has 0 bridgehead atoms. The number of ether oxygens (including phenoxy) is 1. The van der Waals surface area contributed by atoms with Gasteiger partial charge in [-0.3, -0.25) is 0 Å². The lowest BCUT2D eigenvalue weighted by molar-refractivity contribution is 0.00578. The van der Waals surface area contributed by atoms with E-state index in [9.17, 15) is 4.39 Å². The number of piperidine rings is 1. The molecule has 0 amide bonds. The van der Waals surface area contributed by atoms with Gasteiger partial charge in [-0.05, 0) is 53.0 Å². The normalized spacial score (nSPS) is 23.3. The molecule has 0 radical (unpaired) electrons. The third-order valence-corrected chi connectivity index (χ3v) is 5.67. The van der Waals surface area contributed by atoms with Gasteiger partial charge in [-0.15, -0.1) is 0 Å². The second-order valence-electron chi connectivity index (χ2n) is 8.24. The van der Waals surface area contributed by atoms with Crippen molar-refractivity contribution in [2.45, 2.75) is 64.3 Å². The number of hydrogen-bond donors (Lipinski definition) is 0. The molecule has 7 heteroatoms. The number of halogens is 1. The molecule has 26 heavy (non-hydrogen) atoms. The van der Waals surface area contributed by atoms with Gasteiger partial charge in [-0.25, -0.2) is 9.37 Å².